The van der Waals surface area contributed by atoms with Crippen LogP contribution in [0.25, 0.3) is 0 Å². The fourth-order valence-electron chi connectivity index (χ4n) is 3.76. The molecule has 1 aliphatic carbocycles. The van der Waals surface area contributed by atoms with Gasteiger partial charge in [-0.3, -0.25) is 4.90 Å². The molecule has 0 bridgehead atoms. The van der Waals surface area contributed by atoms with Crippen LogP contribution in [0, 0.1) is 0 Å². The van der Waals surface area contributed by atoms with Gasteiger partial charge in [0.1, 0.15) is 0 Å². The van der Waals surface area contributed by atoms with Gasteiger partial charge in [0, 0.05) is 30.6 Å². The number of rotatable bonds is 4. The second kappa shape index (κ2) is 6.10. The van der Waals surface area contributed by atoms with Crippen molar-refractivity contribution in [1.82, 2.24) is 10.2 Å². The van der Waals surface area contributed by atoms with Crippen molar-refractivity contribution >= 4 is 0 Å². The van der Waals surface area contributed by atoms with Crippen LogP contribution in [-0.2, 0) is 6.42 Å². The first-order chi connectivity index (χ1) is 10.0. The average Bonchev–Trinajstić information content (AvgIpc) is 2.43. The molecule has 2 heteroatoms. The Morgan fingerprint density at radius 1 is 1.19 bits per heavy atom. The molecule has 2 aliphatic rings. The predicted molar refractivity (Wildman–Crippen MR) is 89.9 cm³/mol. The minimum absolute atomic E-state index is 0.228. The van der Waals surface area contributed by atoms with Crippen LogP contribution in [-0.4, -0.2) is 36.1 Å². The third-order valence-electron chi connectivity index (χ3n) is 5.03. The highest BCUT2D eigenvalue weighted by Crippen LogP contribution is 2.36. The summed E-state index contributed by atoms with van der Waals surface area (Å²) in [5.41, 5.74) is 3.40. The van der Waals surface area contributed by atoms with Crippen LogP contribution >= 0.6 is 0 Å². The summed E-state index contributed by atoms with van der Waals surface area (Å²) in [5, 5.41) is 3.71. The second-order valence-corrected chi connectivity index (χ2v) is 7.88. The Morgan fingerprint density at radius 3 is 2.76 bits per heavy atom. The Balaban J connectivity index is 1.58. The summed E-state index contributed by atoms with van der Waals surface area (Å²) >= 11 is 0. The lowest BCUT2D eigenvalue weighted by molar-refractivity contribution is 0.127. The molecule has 2 unspecified atom stereocenters. The number of nitrogens with one attached hydrogen (secondary N) is 1. The van der Waals surface area contributed by atoms with E-state index in [9.17, 15) is 0 Å². The molecule has 0 aromatic heterocycles. The van der Waals surface area contributed by atoms with Crippen LogP contribution in [0.15, 0.2) is 24.3 Å². The van der Waals surface area contributed by atoms with Crippen LogP contribution in [0.4, 0.5) is 0 Å². The predicted octanol–water partition coefficient (Wildman–Crippen LogP) is 3.57. The van der Waals surface area contributed by atoms with Gasteiger partial charge in [-0.25, -0.2) is 0 Å². The molecule has 1 N–H and O–H groups in total. The largest absolute Gasteiger partial charge is 0.311 e. The highest BCUT2D eigenvalue weighted by Gasteiger charge is 2.31. The molecule has 1 heterocycles. The van der Waals surface area contributed by atoms with Gasteiger partial charge in [0.15, 0.2) is 0 Å². The van der Waals surface area contributed by atoms with Gasteiger partial charge in [-0.2, -0.15) is 0 Å². The normalized spacial score (nSPS) is 26.2. The summed E-state index contributed by atoms with van der Waals surface area (Å²) in [6.45, 7) is 10.5. The lowest BCUT2D eigenvalue weighted by Gasteiger charge is -2.42. The highest BCUT2D eigenvalue weighted by atomic mass is 15.2. The molecule has 0 spiro atoms. The van der Waals surface area contributed by atoms with Gasteiger partial charge in [0.05, 0.1) is 0 Å². The quantitative estimate of drug-likeness (QED) is 0.910. The van der Waals surface area contributed by atoms with Gasteiger partial charge in [0.2, 0.25) is 0 Å². The van der Waals surface area contributed by atoms with E-state index in [-0.39, 0.29) is 5.54 Å². The highest BCUT2D eigenvalue weighted by molar-refractivity contribution is 5.40. The number of hydrogen-bond donors (Lipinski definition) is 1. The Hall–Kier alpha value is -0.860. The standard InChI is InChI=1S/C19H30N2/c1-19(2,3)20-13-17-9-6-7-11-21(17)14-16-12-15-8-4-5-10-18(15)16/h4-5,8,10,16-17,20H,6-7,9,11-14H2,1-3H3. The third-order valence-corrected chi connectivity index (χ3v) is 5.03. The van der Waals surface area contributed by atoms with Crippen molar-refractivity contribution in [2.75, 3.05) is 19.6 Å². The van der Waals surface area contributed by atoms with E-state index in [1.54, 1.807) is 11.1 Å². The Bertz CT molecular complexity index is 475. The van der Waals surface area contributed by atoms with Crippen molar-refractivity contribution in [2.45, 2.75) is 64.0 Å². The number of piperidine rings is 1. The zero-order chi connectivity index (χ0) is 14.9. The van der Waals surface area contributed by atoms with Crippen molar-refractivity contribution in [1.29, 1.82) is 0 Å². The minimum Gasteiger partial charge on any atom is -0.311 e. The Kier molecular flexibility index (Phi) is 4.37. The molecular formula is C19H30N2. The molecule has 1 fully saturated rings. The van der Waals surface area contributed by atoms with Gasteiger partial charge >= 0.3 is 0 Å². The smallest absolute Gasteiger partial charge is 0.0221 e. The SMILES string of the molecule is CC(C)(C)NCC1CCCCN1CC1Cc2ccccc21. The molecule has 2 nitrogen and oxygen atoms in total. The van der Waals surface area contributed by atoms with E-state index >= 15 is 0 Å². The lowest BCUT2D eigenvalue weighted by Crippen LogP contribution is -2.51. The molecule has 0 saturated carbocycles. The van der Waals surface area contributed by atoms with Crippen molar-refractivity contribution in [3.8, 4) is 0 Å². The molecule has 1 aromatic rings. The third kappa shape index (κ3) is 3.67. The van der Waals surface area contributed by atoms with Gasteiger partial charge in [-0.1, -0.05) is 30.7 Å². The molecule has 0 amide bonds. The van der Waals surface area contributed by atoms with Crippen LogP contribution < -0.4 is 5.32 Å². The van der Waals surface area contributed by atoms with Crippen molar-refractivity contribution in [3.63, 3.8) is 0 Å². The van der Waals surface area contributed by atoms with Gasteiger partial charge < -0.3 is 5.32 Å². The van der Waals surface area contributed by atoms with E-state index in [1.807, 2.05) is 0 Å². The molecule has 1 aliphatic heterocycles. The topological polar surface area (TPSA) is 15.3 Å². The zero-order valence-electron chi connectivity index (χ0n) is 13.9. The minimum atomic E-state index is 0.228. The van der Waals surface area contributed by atoms with E-state index in [1.165, 1.54) is 38.8 Å². The monoisotopic (exact) mass is 286 g/mol. The van der Waals surface area contributed by atoms with Gasteiger partial charge in [0.25, 0.3) is 0 Å². The van der Waals surface area contributed by atoms with Gasteiger partial charge in [-0.15, -0.1) is 0 Å². The number of benzene rings is 1. The first-order valence-corrected chi connectivity index (χ1v) is 8.60. The first-order valence-electron chi connectivity index (χ1n) is 8.60. The maximum atomic E-state index is 3.71. The molecule has 0 radical (unpaired) electrons. The summed E-state index contributed by atoms with van der Waals surface area (Å²) in [4.78, 5) is 2.75. The molecule has 116 valence electrons. The van der Waals surface area contributed by atoms with E-state index in [0.717, 1.165) is 18.5 Å². The maximum absolute atomic E-state index is 3.71. The van der Waals surface area contributed by atoms with Crippen LogP contribution in [0.5, 0.6) is 0 Å². The van der Waals surface area contributed by atoms with E-state index in [4.69, 9.17) is 0 Å². The summed E-state index contributed by atoms with van der Waals surface area (Å²) in [7, 11) is 0. The van der Waals surface area contributed by atoms with E-state index in [0.29, 0.717) is 0 Å². The molecule has 21 heavy (non-hydrogen) atoms. The van der Waals surface area contributed by atoms with Crippen molar-refractivity contribution < 1.29 is 0 Å². The van der Waals surface area contributed by atoms with Crippen LogP contribution in [0.2, 0.25) is 0 Å². The fourth-order valence-corrected chi connectivity index (χ4v) is 3.76. The Morgan fingerprint density at radius 2 is 2.00 bits per heavy atom. The summed E-state index contributed by atoms with van der Waals surface area (Å²) < 4.78 is 0. The molecule has 1 saturated heterocycles. The number of likely N-dealkylation sites (tertiary alicyclic amines) is 1. The number of hydrogen-bond acceptors (Lipinski definition) is 2. The average molecular weight is 286 g/mol. The maximum Gasteiger partial charge on any atom is 0.0221 e. The first kappa shape index (κ1) is 15.1. The van der Waals surface area contributed by atoms with Crippen LogP contribution in [0.3, 0.4) is 0 Å². The lowest BCUT2D eigenvalue weighted by atomic mass is 9.77. The summed E-state index contributed by atoms with van der Waals surface area (Å²) in [5.74, 6) is 0.774. The van der Waals surface area contributed by atoms with Gasteiger partial charge in [-0.05, 0) is 57.7 Å². The van der Waals surface area contributed by atoms with Crippen molar-refractivity contribution in [3.05, 3.63) is 35.4 Å². The van der Waals surface area contributed by atoms with Crippen LogP contribution in [0.1, 0.15) is 57.1 Å². The summed E-state index contributed by atoms with van der Waals surface area (Å²) in [6, 6.07) is 9.72. The zero-order valence-corrected chi connectivity index (χ0v) is 13.9. The van der Waals surface area contributed by atoms with E-state index < -0.39 is 0 Å². The summed E-state index contributed by atoms with van der Waals surface area (Å²) in [6.07, 6.45) is 5.41. The molecule has 3 rings (SSSR count). The fraction of sp³-hybridized carbons (Fsp3) is 0.684. The Labute approximate surface area is 129 Å². The molecule has 2 atom stereocenters. The second-order valence-electron chi connectivity index (χ2n) is 7.88. The molecular weight excluding hydrogens is 256 g/mol. The van der Waals surface area contributed by atoms with Crippen molar-refractivity contribution in [2.24, 2.45) is 0 Å². The number of fused-ring (bicyclic) bond motifs is 1. The van der Waals surface area contributed by atoms with E-state index in [2.05, 4.69) is 55.3 Å². The molecule has 1 aromatic carbocycles. The number of nitrogens with zero attached hydrogens (tertiary/aromatic N) is 1.